The van der Waals surface area contributed by atoms with E-state index in [2.05, 4.69) is 23.1 Å². The van der Waals surface area contributed by atoms with Gasteiger partial charge in [-0.1, -0.05) is 18.2 Å². The summed E-state index contributed by atoms with van der Waals surface area (Å²) >= 11 is 11.6. The highest BCUT2D eigenvalue weighted by Crippen LogP contribution is 2.16. The molecule has 6 heteroatoms. The van der Waals surface area contributed by atoms with Crippen molar-refractivity contribution < 1.29 is 9.90 Å². The number of halogens is 2. The van der Waals surface area contributed by atoms with Gasteiger partial charge >= 0.3 is 5.97 Å². The largest absolute Gasteiger partial charge is 0.481 e. The predicted octanol–water partition coefficient (Wildman–Crippen LogP) is 2.62. The quantitative estimate of drug-likeness (QED) is 0.639. The van der Waals surface area contributed by atoms with Gasteiger partial charge in [0.25, 0.3) is 0 Å². The SMILES string of the molecule is Cc1ccc(CN(CCCl)CCCl)cc1C[C@H](N)CC(=O)O. The molecule has 0 saturated heterocycles. The first kappa shape index (κ1) is 19.2. The van der Waals surface area contributed by atoms with Crippen LogP contribution in [0.4, 0.5) is 0 Å². The molecule has 0 aliphatic heterocycles. The van der Waals surface area contributed by atoms with Crippen LogP contribution in [0.3, 0.4) is 0 Å². The van der Waals surface area contributed by atoms with Crippen LogP contribution in [0.1, 0.15) is 23.1 Å². The monoisotopic (exact) mass is 346 g/mol. The molecule has 0 amide bonds. The number of aryl methyl sites for hydroxylation is 1. The minimum atomic E-state index is -0.864. The first-order valence-electron chi connectivity index (χ1n) is 7.36. The van der Waals surface area contributed by atoms with E-state index in [9.17, 15) is 4.79 Å². The van der Waals surface area contributed by atoms with Gasteiger partial charge in [0.1, 0.15) is 0 Å². The van der Waals surface area contributed by atoms with Crippen molar-refractivity contribution in [3.8, 4) is 0 Å². The van der Waals surface area contributed by atoms with Crippen LogP contribution in [-0.4, -0.2) is 46.9 Å². The summed E-state index contributed by atoms with van der Waals surface area (Å²) in [4.78, 5) is 12.9. The Hall–Kier alpha value is -0.810. The zero-order valence-electron chi connectivity index (χ0n) is 12.9. The fraction of sp³-hybridized carbons (Fsp3) is 0.562. The Balaban J connectivity index is 2.77. The number of nitrogens with two attached hydrogens (primary N) is 1. The summed E-state index contributed by atoms with van der Waals surface area (Å²) in [5.41, 5.74) is 9.29. The van der Waals surface area contributed by atoms with Gasteiger partial charge in [0.2, 0.25) is 0 Å². The molecule has 1 aromatic carbocycles. The standard InChI is InChI=1S/C16H24Cl2N2O2/c1-12-2-3-13(11-20(6-4-17)7-5-18)8-14(12)9-15(19)10-16(21)22/h2-3,8,15H,4-7,9-11,19H2,1H3,(H,21,22)/t15-/m0/s1. The number of hydrogen-bond donors (Lipinski definition) is 2. The van der Waals surface area contributed by atoms with Crippen molar-refractivity contribution in [2.75, 3.05) is 24.8 Å². The van der Waals surface area contributed by atoms with Crippen LogP contribution < -0.4 is 5.73 Å². The summed E-state index contributed by atoms with van der Waals surface area (Å²) in [5, 5.41) is 8.81. The highest BCUT2D eigenvalue weighted by Gasteiger charge is 2.12. The lowest BCUT2D eigenvalue weighted by atomic mass is 9.97. The Morgan fingerprint density at radius 1 is 1.32 bits per heavy atom. The lowest BCUT2D eigenvalue weighted by molar-refractivity contribution is -0.137. The third-order valence-corrected chi connectivity index (χ3v) is 3.88. The van der Waals surface area contributed by atoms with E-state index in [0.717, 1.165) is 30.8 Å². The maximum Gasteiger partial charge on any atom is 0.304 e. The minimum absolute atomic E-state index is 0.0196. The first-order chi connectivity index (χ1) is 10.5. The maximum absolute atomic E-state index is 10.7. The minimum Gasteiger partial charge on any atom is -0.481 e. The highest BCUT2D eigenvalue weighted by atomic mass is 35.5. The molecule has 1 rings (SSSR count). The molecule has 3 N–H and O–H groups in total. The Morgan fingerprint density at radius 2 is 1.95 bits per heavy atom. The van der Waals surface area contributed by atoms with E-state index in [-0.39, 0.29) is 12.5 Å². The molecule has 0 aliphatic carbocycles. The molecule has 0 spiro atoms. The number of benzene rings is 1. The molecular weight excluding hydrogens is 323 g/mol. The van der Waals surface area contributed by atoms with E-state index >= 15 is 0 Å². The topological polar surface area (TPSA) is 66.6 Å². The molecule has 0 aliphatic rings. The van der Waals surface area contributed by atoms with Crippen LogP contribution >= 0.6 is 23.2 Å². The third-order valence-electron chi connectivity index (χ3n) is 3.54. The maximum atomic E-state index is 10.7. The molecule has 0 unspecified atom stereocenters. The van der Waals surface area contributed by atoms with Gasteiger partial charge in [-0.3, -0.25) is 9.69 Å². The van der Waals surface area contributed by atoms with E-state index in [1.54, 1.807) is 0 Å². The van der Waals surface area contributed by atoms with E-state index in [1.165, 1.54) is 5.56 Å². The third kappa shape index (κ3) is 6.97. The molecule has 124 valence electrons. The Bertz CT molecular complexity index is 477. The van der Waals surface area contributed by atoms with E-state index < -0.39 is 5.97 Å². The van der Waals surface area contributed by atoms with Crippen LogP contribution in [-0.2, 0) is 17.8 Å². The fourth-order valence-electron chi connectivity index (χ4n) is 2.39. The summed E-state index contributed by atoms with van der Waals surface area (Å²) in [6.07, 6.45) is 0.547. The Labute approximate surface area is 142 Å². The molecule has 0 aromatic heterocycles. The molecule has 0 bridgehead atoms. The van der Waals surface area contributed by atoms with Gasteiger partial charge in [0, 0.05) is 37.4 Å². The van der Waals surface area contributed by atoms with Crippen LogP contribution in [0.25, 0.3) is 0 Å². The number of alkyl halides is 2. The van der Waals surface area contributed by atoms with Gasteiger partial charge in [-0.2, -0.15) is 0 Å². The fourth-order valence-corrected chi connectivity index (χ4v) is 2.87. The summed E-state index contributed by atoms with van der Waals surface area (Å²) in [6.45, 7) is 4.37. The lowest BCUT2D eigenvalue weighted by Crippen LogP contribution is -2.28. The van der Waals surface area contributed by atoms with Crippen molar-refractivity contribution in [3.05, 3.63) is 34.9 Å². The second kappa shape index (κ2) is 10.1. The van der Waals surface area contributed by atoms with Gasteiger partial charge in [-0.15, -0.1) is 23.2 Å². The van der Waals surface area contributed by atoms with Gasteiger partial charge in [0.15, 0.2) is 0 Å². The van der Waals surface area contributed by atoms with Crippen molar-refractivity contribution in [2.24, 2.45) is 5.73 Å². The van der Waals surface area contributed by atoms with Crippen LogP contribution in [0.2, 0.25) is 0 Å². The van der Waals surface area contributed by atoms with Gasteiger partial charge in [-0.25, -0.2) is 0 Å². The highest BCUT2D eigenvalue weighted by molar-refractivity contribution is 6.18. The molecule has 0 fully saturated rings. The molecule has 1 aromatic rings. The van der Waals surface area contributed by atoms with Crippen molar-refractivity contribution in [3.63, 3.8) is 0 Å². The Kier molecular flexibility index (Phi) is 8.79. The summed E-state index contributed by atoms with van der Waals surface area (Å²) < 4.78 is 0. The summed E-state index contributed by atoms with van der Waals surface area (Å²) in [6, 6.07) is 5.87. The molecular formula is C16H24Cl2N2O2. The van der Waals surface area contributed by atoms with E-state index in [4.69, 9.17) is 34.0 Å². The van der Waals surface area contributed by atoms with Gasteiger partial charge in [0.05, 0.1) is 6.42 Å². The van der Waals surface area contributed by atoms with Crippen molar-refractivity contribution in [1.82, 2.24) is 4.90 Å². The number of aliphatic carboxylic acids is 1. The number of carbonyl (C=O) groups is 1. The van der Waals surface area contributed by atoms with Crippen LogP contribution in [0, 0.1) is 6.92 Å². The van der Waals surface area contributed by atoms with Crippen LogP contribution in [0.5, 0.6) is 0 Å². The number of nitrogens with zero attached hydrogens (tertiary/aromatic N) is 1. The van der Waals surface area contributed by atoms with E-state index in [1.807, 2.05) is 6.92 Å². The molecule has 1 atom stereocenters. The Morgan fingerprint density at radius 3 is 2.50 bits per heavy atom. The smallest absolute Gasteiger partial charge is 0.304 e. The van der Waals surface area contributed by atoms with Crippen molar-refractivity contribution >= 4 is 29.2 Å². The average molecular weight is 347 g/mol. The molecule has 0 heterocycles. The molecule has 0 saturated carbocycles. The normalized spacial score (nSPS) is 12.6. The van der Waals surface area contributed by atoms with Crippen molar-refractivity contribution in [2.45, 2.75) is 32.4 Å². The molecule has 4 nitrogen and oxygen atoms in total. The number of carboxylic acids is 1. The van der Waals surface area contributed by atoms with Gasteiger partial charge in [-0.05, 0) is 30.0 Å². The number of rotatable bonds is 10. The first-order valence-corrected chi connectivity index (χ1v) is 8.43. The van der Waals surface area contributed by atoms with Gasteiger partial charge < -0.3 is 10.8 Å². The second-order valence-corrected chi connectivity index (χ2v) is 6.23. The predicted molar refractivity (Wildman–Crippen MR) is 91.8 cm³/mol. The zero-order chi connectivity index (χ0) is 16.5. The average Bonchev–Trinajstić information content (AvgIpc) is 2.42. The second-order valence-electron chi connectivity index (χ2n) is 5.48. The lowest BCUT2D eigenvalue weighted by Gasteiger charge is -2.21. The number of carboxylic acid groups (broad SMARTS) is 1. The number of hydrogen-bond acceptors (Lipinski definition) is 3. The van der Waals surface area contributed by atoms with E-state index in [0.29, 0.717) is 18.2 Å². The molecule has 22 heavy (non-hydrogen) atoms. The van der Waals surface area contributed by atoms with Crippen molar-refractivity contribution in [1.29, 1.82) is 0 Å². The molecule has 0 radical (unpaired) electrons. The summed E-state index contributed by atoms with van der Waals surface area (Å²) in [7, 11) is 0. The van der Waals surface area contributed by atoms with Crippen LogP contribution in [0.15, 0.2) is 18.2 Å². The zero-order valence-corrected chi connectivity index (χ0v) is 14.4. The summed E-state index contributed by atoms with van der Waals surface area (Å²) in [5.74, 6) is 0.273.